The Bertz CT molecular complexity index is 285. The van der Waals surface area contributed by atoms with E-state index in [9.17, 15) is 9.90 Å². The fourth-order valence-corrected chi connectivity index (χ4v) is 1.89. The molecule has 8 N–H and O–H groups in total. The number of carbonyl (C=O) groups is 1. The van der Waals surface area contributed by atoms with Crippen molar-refractivity contribution >= 4 is 37.9 Å². The van der Waals surface area contributed by atoms with Gasteiger partial charge >= 0.3 is 13.1 Å². The lowest BCUT2D eigenvalue weighted by atomic mass is 9.81. The van der Waals surface area contributed by atoms with Crippen LogP contribution in [-0.2, 0) is 4.79 Å². The average Bonchev–Trinajstić information content (AvgIpc) is 3.08. The zero-order chi connectivity index (χ0) is 13.6. The third kappa shape index (κ3) is 11.2. The predicted molar refractivity (Wildman–Crippen MR) is 87.2 cm³/mol. The van der Waals surface area contributed by atoms with Crippen LogP contribution in [0.25, 0.3) is 0 Å². The van der Waals surface area contributed by atoms with Gasteiger partial charge in [0.15, 0.2) is 0 Å². The van der Waals surface area contributed by atoms with Crippen LogP contribution in [0.2, 0.25) is 6.32 Å². The Hall–Kier alpha value is -0.0851. The van der Waals surface area contributed by atoms with Gasteiger partial charge in [-0.3, -0.25) is 4.79 Å². The maximum absolute atomic E-state index is 11.2. The highest BCUT2D eigenvalue weighted by atomic mass is 35.5. The molecule has 0 spiro atoms. The molecule has 1 rings (SSSR count). The lowest BCUT2D eigenvalue weighted by Crippen LogP contribution is -2.49. The predicted octanol–water partition coefficient (Wildman–Crippen LogP) is -0.427. The van der Waals surface area contributed by atoms with Crippen molar-refractivity contribution < 1.29 is 25.4 Å². The Labute approximate surface area is 137 Å². The second kappa shape index (κ2) is 12.5. The summed E-state index contributed by atoms with van der Waals surface area (Å²) in [7, 11) is -1.32. The number of nitrogens with one attached hydrogen (secondary N) is 1. The van der Waals surface area contributed by atoms with Crippen LogP contribution in [0.15, 0.2) is 0 Å². The molecule has 1 atom stereocenters. The van der Waals surface area contributed by atoms with E-state index in [1.165, 1.54) is 12.8 Å². The van der Waals surface area contributed by atoms with E-state index < -0.39 is 18.6 Å². The molecule has 0 saturated heterocycles. The van der Waals surface area contributed by atoms with Gasteiger partial charge < -0.3 is 31.7 Å². The van der Waals surface area contributed by atoms with Gasteiger partial charge in [0.1, 0.15) is 5.54 Å². The van der Waals surface area contributed by atoms with Crippen LogP contribution in [0.1, 0.15) is 38.5 Å². The normalized spacial score (nSPS) is 15.8. The molecular weight excluding hydrogens is 322 g/mol. The minimum Gasteiger partial charge on any atom is -0.480 e. The number of unbranched alkanes of at least 4 members (excludes halogenated alkanes) is 1. The van der Waals surface area contributed by atoms with Crippen LogP contribution in [0.4, 0.5) is 0 Å². The lowest BCUT2D eigenvalue weighted by Gasteiger charge is -2.25. The first-order valence-electron chi connectivity index (χ1n) is 6.56. The highest BCUT2D eigenvalue weighted by molar-refractivity contribution is 6.40. The summed E-state index contributed by atoms with van der Waals surface area (Å²) in [4.78, 5) is 11.2. The molecular formula is C11H27BCl2N2O5. The smallest absolute Gasteiger partial charge is 0.451 e. The standard InChI is InChI=1S/C11H23BN2O4.2ClH.H2O/c13-11(10(15)16,5-1-2-7-12(17)18)6-8-14-9-3-4-9;;;/h9,14,17-18H,1-8,13H2,(H,15,16);2*1H;1H2. The van der Waals surface area contributed by atoms with Gasteiger partial charge in [0, 0.05) is 6.04 Å². The quantitative estimate of drug-likeness (QED) is 0.267. The largest absolute Gasteiger partial charge is 0.480 e. The number of rotatable bonds is 10. The van der Waals surface area contributed by atoms with E-state index in [0.29, 0.717) is 38.3 Å². The number of aliphatic carboxylic acids is 1. The van der Waals surface area contributed by atoms with Crippen molar-refractivity contribution in [3.05, 3.63) is 0 Å². The molecule has 1 unspecified atom stereocenters. The second-order valence-corrected chi connectivity index (χ2v) is 5.17. The van der Waals surface area contributed by atoms with Gasteiger partial charge in [0.05, 0.1) is 0 Å². The Balaban J connectivity index is -0.00000108. The molecule has 1 aliphatic carbocycles. The minimum atomic E-state index is -1.32. The van der Waals surface area contributed by atoms with Crippen molar-refractivity contribution in [3.63, 3.8) is 0 Å². The third-order valence-electron chi connectivity index (χ3n) is 3.34. The van der Waals surface area contributed by atoms with Crippen LogP contribution in [-0.4, -0.2) is 51.8 Å². The van der Waals surface area contributed by atoms with Crippen LogP contribution in [0.5, 0.6) is 0 Å². The molecule has 1 fully saturated rings. The van der Waals surface area contributed by atoms with Gasteiger partial charge in [-0.05, 0) is 38.5 Å². The van der Waals surface area contributed by atoms with Crippen LogP contribution in [0, 0.1) is 0 Å². The highest BCUT2D eigenvalue weighted by Gasteiger charge is 2.33. The fourth-order valence-electron chi connectivity index (χ4n) is 1.89. The van der Waals surface area contributed by atoms with Crippen molar-refractivity contribution in [2.45, 2.75) is 56.4 Å². The fraction of sp³-hybridized carbons (Fsp3) is 0.909. The molecule has 0 bridgehead atoms. The number of halogens is 2. The Morgan fingerprint density at radius 2 is 1.81 bits per heavy atom. The Morgan fingerprint density at radius 1 is 1.24 bits per heavy atom. The maximum atomic E-state index is 11.2. The molecule has 0 aromatic heterocycles. The summed E-state index contributed by atoms with van der Waals surface area (Å²) < 4.78 is 0. The van der Waals surface area contributed by atoms with Gasteiger partial charge in [0.2, 0.25) is 0 Å². The molecule has 1 saturated carbocycles. The summed E-state index contributed by atoms with van der Waals surface area (Å²) in [5.41, 5.74) is 4.69. The lowest BCUT2D eigenvalue weighted by molar-refractivity contribution is -0.143. The molecule has 1 aliphatic rings. The van der Waals surface area contributed by atoms with E-state index in [2.05, 4.69) is 5.32 Å². The molecule has 0 radical (unpaired) electrons. The molecule has 0 amide bonds. The number of carboxylic acid groups (broad SMARTS) is 1. The molecule has 0 heterocycles. The minimum absolute atomic E-state index is 0. The molecule has 10 heteroatoms. The van der Waals surface area contributed by atoms with Crippen LogP contribution < -0.4 is 11.1 Å². The topological polar surface area (TPSA) is 147 Å². The van der Waals surface area contributed by atoms with Crippen LogP contribution >= 0.6 is 24.8 Å². The van der Waals surface area contributed by atoms with E-state index in [0.717, 1.165) is 0 Å². The summed E-state index contributed by atoms with van der Waals surface area (Å²) in [5, 5.41) is 29.8. The zero-order valence-electron chi connectivity index (χ0n) is 12.0. The average molecular weight is 349 g/mol. The summed E-state index contributed by atoms with van der Waals surface area (Å²) in [6, 6.07) is 0.549. The maximum Gasteiger partial charge on any atom is 0.451 e. The monoisotopic (exact) mass is 348 g/mol. The van der Waals surface area contributed by atoms with Crippen molar-refractivity contribution in [1.82, 2.24) is 5.32 Å². The van der Waals surface area contributed by atoms with E-state index >= 15 is 0 Å². The molecule has 0 aliphatic heterocycles. The molecule has 7 nitrogen and oxygen atoms in total. The first-order valence-corrected chi connectivity index (χ1v) is 6.56. The van der Waals surface area contributed by atoms with Crippen molar-refractivity contribution in [2.75, 3.05) is 6.54 Å². The van der Waals surface area contributed by atoms with E-state index in [-0.39, 0.29) is 36.6 Å². The SMILES string of the molecule is Cl.Cl.NC(CCCCB(O)O)(CCNC1CC1)C(=O)O.O. The van der Waals surface area contributed by atoms with E-state index in [1.54, 1.807) is 0 Å². The van der Waals surface area contributed by atoms with Gasteiger partial charge in [-0.25, -0.2) is 0 Å². The number of hydrogen-bond acceptors (Lipinski definition) is 5. The van der Waals surface area contributed by atoms with Gasteiger partial charge in [-0.15, -0.1) is 24.8 Å². The zero-order valence-corrected chi connectivity index (χ0v) is 13.6. The summed E-state index contributed by atoms with van der Waals surface area (Å²) in [6.45, 7) is 0.621. The van der Waals surface area contributed by atoms with E-state index in [1.807, 2.05) is 0 Å². The molecule has 128 valence electrons. The first-order chi connectivity index (χ1) is 8.44. The summed E-state index contributed by atoms with van der Waals surface area (Å²) in [6.07, 6.45) is 4.51. The molecule has 21 heavy (non-hydrogen) atoms. The van der Waals surface area contributed by atoms with Crippen LogP contribution in [0.3, 0.4) is 0 Å². The van der Waals surface area contributed by atoms with Crippen molar-refractivity contribution in [2.24, 2.45) is 5.73 Å². The Kier molecular flexibility index (Phi) is 15.3. The number of nitrogens with two attached hydrogens (primary N) is 1. The first kappa shape index (κ1) is 25.8. The molecule has 0 aromatic rings. The second-order valence-electron chi connectivity index (χ2n) is 5.17. The van der Waals surface area contributed by atoms with Crippen molar-refractivity contribution in [1.29, 1.82) is 0 Å². The van der Waals surface area contributed by atoms with Crippen molar-refractivity contribution in [3.8, 4) is 0 Å². The third-order valence-corrected chi connectivity index (χ3v) is 3.34. The summed E-state index contributed by atoms with van der Waals surface area (Å²) >= 11 is 0. The van der Waals surface area contributed by atoms with Gasteiger partial charge in [-0.2, -0.15) is 0 Å². The number of hydrogen-bond donors (Lipinski definition) is 5. The van der Waals surface area contributed by atoms with Gasteiger partial charge in [-0.1, -0.05) is 12.8 Å². The number of carboxylic acids is 1. The Morgan fingerprint density at radius 3 is 2.24 bits per heavy atom. The highest BCUT2D eigenvalue weighted by Crippen LogP contribution is 2.21. The van der Waals surface area contributed by atoms with Gasteiger partial charge in [0.25, 0.3) is 0 Å². The summed E-state index contributed by atoms with van der Waals surface area (Å²) in [5.74, 6) is -0.982. The molecule has 0 aromatic carbocycles. The van der Waals surface area contributed by atoms with E-state index in [4.69, 9.17) is 15.8 Å².